The summed E-state index contributed by atoms with van der Waals surface area (Å²) in [6, 6.07) is 7.76. The topological polar surface area (TPSA) is 51.2 Å². The van der Waals surface area contributed by atoms with Gasteiger partial charge in [0.25, 0.3) is 0 Å². The van der Waals surface area contributed by atoms with E-state index in [1.807, 2.05) is 43.5 Å². The summed E-state index contributed by atoms with van der Waals surface area (Å²) in [5.74, 6) is 0.780. The highest BCUT2D eigenvalue weighted by Crippen LogP contribution is 2.32. The van der Waals surface area contributed by atoms with E-state index in [0.717, 1.165) is 17.0 Å². The molecule has 0 aliphatic rings. The van der Waals surface area contributed by atoms with Gasteiger partial charge in [-0.25, -0.2) is 4.98 Å². The number of aromatic nitrogens is 1. The lowest BCUT2D eigenvalue weighted by Crippen LogP contribution is -2.08. The number of carbonyl (C=O) groups is 1. The summed E-state index contributed by atoms with van der Waals surface area (Å²) in [5, 5.41) is 5.30. The predicted molar refractivity (Wildman–Crippen MR) is 77.6 cm³/mol. The minimum atomic E-state index is -0.0287. The Morgan fingerprint density at radius 3 is 2.89 bits per heavy atom. The number of ether oxygens (including phenoxy) is 1. The molecule has 0 atom stereocenters. The lowest BCUT2D eigenvalue weighted by molar-refractivity contribution is -0.115. The molecule has 2 aromatic rings. The fourth-order valence-corrected chi connectivity index (χ4v) is 2.35. The average Bonchev–Trinajstić information content (AvgIpc) is 2.88. The van der Waals surface area contributed by atoms with Gasteiger partial charge in [-0.2, -0.15) is 0 Å². The van der Waals surface area contributed by atoms with Crippen LogP contribution in [-0.2, 0) is 4.79 Å². The van der Waals surface area contributed by atoms with Crippen LogP contribution in [0.5, 0.6) is 5.75 Å². The highest BCUT2D eigenvalue weighted by atomic mass is 32.1. The molecule has 5 heteroatoms. The summed E-state index contributed by atoms with van der Waals surface area (Å²) in [4.78, 5) is 15.7. The number of rotatable bonds is 5. The maximum atomic E-state index is 11.3. The van der Waals surface area contributed by atoms with E-state index in [1.165, 1.54) is 11.3 Å². The quantitative estimate of drug-likeness (QED) is 0.908. The smallest absolute Gasteiger partial charge is 0.225 e. The van der Waals surface area contributed by atoms with Gasteiger partial charge < -0.3 is 10.1 Å². The van der Waals surface area contributed by atoms with Crippen LogP contribution in [0.1, 0.15) is 20.3 Å². The van der Waals surface area contributed by atoms with E-state index in [-0.39, 0.29) is 5.91 Å². The Kier molecular flexibility index (Phi) is 4.52. The molecule has 0 saturated heterocycles. The van der Waals surface area contributed by atoms with E-state index >= 15 is 0 Å². The van der Waals surface area contributed by atoms with Crippen molar-refractivity contribution in [2.75, 3.05) is 11.9 Å². The molecule has 0 fully saturated rings. The molecule has 4 nitrogen and oxygen atoms in total. The summed E-state index contributed by atoms with van der Waals surface area (Å²) in [7, 11) is 0. The van der Waals surface area contributed by atoms with Crippen LogP contribution in [0.3, 0.4) is 0 Å². The molecule has 2 rings (SSSR count). The first kappa shape index (κ1) is 13.5. The van der Waals surface area contributed by atoms with E-state index in [1.54, 1.807) is 0 Å². The normalized spacial score (nSPS) is 10.2. The second-order valence-corrected chi connectivity index (χ2v) is 4.73. The number of thiazole rings is 1. The molecule has 100 valence electrons. The van der Waals surface area contributed by atoms with Crippen LogP contribution < -0.4 is 10.1 Å². The molecule has 0 radical (unpaired) electrons. The van der Waals surface area contributed by atoms with Crippen molar-refractivity contribution in [3.8, 4) is 17.0 Å². The predicted octanol–water partition coefficient (Wildman–Crippen LogP) is 3.56. The molecule has 1 aromatic carbocycles. The summed E-state index contributed by atoms with van der Waals surface area (Å²) in [6.07, 6.45) is 0.449. The van der Waals surface area contributed by atoms with Crippen molar-refractivity contribution in [2.24, 2.45) is 0 Å². The van der Waals surface area contributed by atoms with Crippen molar-refractivity contribution in [1.29, 1.82) is 0 Å². The Balaban J connectivity index is 2.25. The highest BCUT2D eigenvalue weighted by Gasteiger charge is 2.10. The zero-order valence-electron chi connectivity index (χ0n) is 11.0. The number of amides is 1. The molecule has 0 bridgehead atoms. The molecule has 0 saturated carbocycles. The van der Waals surface area contributed by atoms with Crippen molar-refractivity contribution >= 4 is 22.4 Å². The molecule has 0 unspecified atom stereocenters. The van der Waals surface area contributed by atoms with E-state index in [9.17, 15) is 4.79 Å². The second kappa shape index (κ2) is 6.33. The van der Waals surface area contributed by atoms with Crippen LogP contribution in [0.25, 0.3) is 11.3 Å². The summed E-state index contributed by atoms with van der Waals surface area (Å²) < 4.78 is 5.58. The molecule has 1 N–H and O–H groups in total. The van der Waals surface area contributed by atoms with Crippen LogP contribution in [0.15, 0.2) is 29.6 Å². The number of hydrogen-bond acceptors (Lipinski definition) is 4. The molecular weight excluding hydrogens is 260 g/mol. The lowest BCUT2D eigenvalue weighted by Gasteiger charge is -2.07. The first-order valence-electron chi connectivity index (χ1n) is 6.22. The third kappa shape index (κ3) is 3.32. The third-order valence-electron chi connectivity index (χ3n) is 2.53. The minimum absolute atomic E-state index is 0.0287. The Morgan fingerprint density at radius 2 is 2.16 bits per heavy atom. The van der Waals surface area contributed by atoms with E-state index < -0.39 is 0 Å². The summed E-state index contributed by atoms with van der Waals surface area (Å²) >= 11 is 1.42. The Hall–Kier alpha value is -1.88. The van der Waals surface area contributed by atoms with E-state index in [4.69, 9.17) is 4.74 Å². The maximum absolute atomic E-state index is 11.3. The van der Waals surface area contributed by atoms with Gasteiger partial charge in [0, 0.05) is 17.4 Å². The molecular formula is C14H16N2O2S. The van der Waals surface area contributed by atoms with E-state index in [2.05, 4.69) is 10.3 Å². The fourth-order valence-electron chi connectivity index (χ4n) is 1.62. The Labute approximate surface area is 116 Å². The second-order valence-electron chi connectivity index (χ2n) is 3.87. The number of benzene rings is 1. The molecule has 0 spiro atoms. The van der Waals surface area contributed by atoms with Crippen LogP contribution in [0.4, 0.5) is 5.13 Å². The average molecular weight is 276 g/mol. The molecule has 1 amide bonds. The number of hydrogen-bond donors (Lipinski definition) is 1. The number of carbonyl (C=O) groups excluding carboxylic acids is 1. The van der Waals surface area contributed by atoms with Crippen LogP contribution in [0.2, 0.25) is 0 Å². The minimum Gasteiger partial charge on any atom is -0.493 e. The zero-order valence-corrected chi connectivity index (χ0v) is 11.8. The van der Waals surface area contributed by atoms with Crippen molar-refractivity contribution in [3.05, 3.63) is 29.6 Å². The number of nitrogens with zero attached hydrogens (tertiary/aromatic N) is 1. The standard InChI is InChI=1S/C14H16N2O2S/c1-3-13(17)16-14-15-11(9-19-14)10-7-5-6-8-12(10)18-4-2/h5-9H,3-4H2,1-2H3,(H,15,16,17). The van der Waals surface area contributed by atoms with Gasteiger partial charge in [-0.3, -0.25) is 4.79 Å². The molecule has 19 heavy (non-hydrogen) atoms. The van der Waals surface area contributed by atoms with Gasteiger partial charge in [0.1, 0.15) is 5.75 Å². The number of nitrogens with one attached hydrogen (secondary N) is 1. The number of para-hydroxylation sites is 1. The van der Waals surface area contributed by atoms with Gasteiger partial charge in [0.05, 0.1) is 12.3 Å². The molecule has 0 aliphatic carbocycles. The van der Waals surface area contributed by atoms with Gasteiger partial charge in [-0.1, -0.05) is 19.1 Å². The molecule has 0 aliphatic heterocycles. The Morgan fingerprint density at radius 1 is 1.37 bits per heavy atom. The first-order valence-corrected chi connectivity index (χ1v) is 7.10. The third-order valence-corrected chi connectivity index (χ3v) is 3.29. The van der Waals surface area contributed by atoms with Gasteiger partial charge in [0.15, 0.2) is 5.13 Å². The largest absolute Gasteiger partial charge is 0.493 e. The lowest BCUT2D eigenvalue weighted by atomic mass is 10.1. The van der Waals surface area contributed by atoms with Gasteiger partial charge in [-0.15, -0.1) is 11.3 Å². The van der Waals surface area contributed by atoms with E-state index in [0.29, 0.717) is 18.2 Å². The van der Waals surface area contributed by atoms with Gasteiger partial charge in [0.2, 0.25) is 5.91 Å². The highest BCUT2D eigenvalue weighted by molar-refractivity contribution is 7.14. The van der Waals surface area contributed by atoms with Crippen molar-refractivity contribution < 1.29 is 9.53 Å². The summed E-state index contributed by atoms with van der Waals surface area (Å²) in [5.41, 5.74) is 1.76. The van der Waals surface area contributed by atoms with Crippen LogP contribution in [0, 0.1) is 0 Å². The van der Waals surface area contributed by atoms with Gasteiger partial charge >= 0.3 is 0 Å². The molecule has 1 heterocycles. The number of anilines is 1. The molecule has 1 aromatic heterocycles. The zero-order chi connectivity index (χ0) is 13.7. The van der Waals surface area contributed by atoms with Crippen molar-refractivity contribution in [3.63, 3.8) is 0 Å². The van der Waals surface area contributed by atoms with Crippen molar-refractivity contribution in [1.82, 2.24) is 4.98 Å². The fraction of sp³-hybridized carbons (Fsp3) is 0.286. The monoisotopic (exact) mass is 276 g/mol. The summed E-state index contributed by atoms with van der Waals surface area (Å²) in [6.45, 7) is 4.37. The Bertz CT molecular complexity index is 566. The van der Waals surface area contributed by atoms with Crippen LogP contribution >= 0.6 is 11.3 Å². The van der Waals surface area contributed by atoms with Crippen LogP contribution in [-0.4, -0.2) is 17.5 Å². The van der Waals surface area contributed by atoms with Crippen molar-refractivity contribution in [2.45, 2.75) is 20.3 Å². The first-order chi connectivity index (χ1) is 9.24. The maximum Gasteiger partial charge on any atom is 0.225 e. The van der Waals surface area contributed by atoms with Gasteiger partial charge in [-0.05, 0) is 19.1 Å². The SMILES string of the molecule is CCOc1ccccc1-c1csc(NC(=O)CC)n1.